The molecule has 0 radical (unpaired) electrons. The first-order valence-corrected chi connectivity index (χ1v) is 16.6. The topological polar surface area (TPSA) is 111 Å². The van der Waals surface area contributed by atoms with Crippen LogP contribution < -0.4 is 0 Å². The first-order chi connectivity index (χ1) is 20.8. The molecule has 0 rings (SSSR count). The first-order valence-electron chi connectivity index (χ1n) is 16.6. The van der Waals surface area contributed by atoms with E-state index in [2.05, 4.69) is 6.92 Å². The number of carboxylic acids is 1. The molecule has 42 heavy (non-hydrogen) atoms. The molecule has 0 fully saturated rings. The Labute approximate surface area is 256 Å². The van der Waals surface area contributed by atoms with E-state index in [-0.39, 0.29) is 13.2 Å². The predicted molar refractivity (Wildman–Crippen MR) is 164 cm³/mol. The van der Waals surface area contributed by atoms with Crippen molar-refractivity contribution in [1.29, 1.82) is 0 Å². The molecule has 0 saturated carbocycles. The zero-order chi connectivity index (χ0) is 30.4. The van der Waals surface area contributed by atoms with Gasteiger partial charge in [-0.15, -0.1) is 0 Å². The van der Waals surface area contributed by atoms with Gasteiger partial charge in [0, 0.05) is 6.61 Å². The van der Waals surface area contributed by atoms with Gasteiger partial charge in [0.25, 0.3) is 0 Å². The van der Waals surface area contributed by atoms with E-state index in [1.54, 1.807) is 0 Å². The van der Waals surface area contributed by atoms with E-state index in [1.165, 1.54) is 83.5 Å². The van der Waals surface area contributed by atoms with Crippen molar-refractivity contribution in [3.8, 4) is 0 Å². The highest BCUT2D eigenvalue weighted by molar-refractivity contribution is 5.67. The van der Waals surface area contributed by atoms with Crippen molar-refractivity contribution in [3.05, 3.63) is 0 Å². The van der Waals surface area contributed by atoms with Gasteiger partial charge in [0.15, 0.2) is 0 Å². The molecule has 0 aliphatic heterocycles. The molecule has 0 aliphatic rings. The lowest BCUT2D eigenvalue weighted by Gasteiger charge is -2.08. The Hall–Kier alpha value is -0.850. The van der Waals surface area contributed by atoms with Gasteiger partial charge in [0.2, 0.25) is 0 Å². The normalized spacial score (nSPS) is 11.5. The minimum atomic E-state index is -0.986. The summed E-state index contributed by atoms with van der Waals surface area (Å²) in [7, 11) is 0. The van der Waals surface area contributed by atoms with Crippen LogP contribution in [0.3, 0.4) is 0 Å². The van der Waals surface area contributed by atoms with Gasteiger partial charge >= 0.3 is 5.97 Å². The van der Waals surface area contributed by atoms with Crippen molar-refractivity contribution in [2.45, 2.75) is 96.8 Å². The summed E-state index contributed by atoms with van der Waals surface area (Å²) in [5.74, 6) is -0.986. The lowest BCUT2D eigenvalue weighted by Crippen LogP contribution is -2.15. The summed E-state index contributed by atoms with van der Waals surface area (Å²) < 4.78 is 43.1. The quantitative estimate of drug-likeness (QED) is 0.0878. The van der Waals surface area contributed by atoms with Crippen molar-refractivity contribution in [1.82, 2.24) is 0 Å². The SMILES string of the molecule is CCCCCCCCCCCCCCCCOCCOCCOCCOCCOCCOCCOCCOCC(=O)O. The van der Waals surface area contributed by atoms with Crippen LogP contribution in [0.1, 0.15) is 96.8 Å². The monoisotopic (exact) mass is 608 g/mol. The molecule has 0 aromatic carbocycles. The van der Waals surface area contributed by atoms with Crippen LogP contribution in [0.2, 0.25) is 0 Å². The van der Waals surface area contributed by atoms with Gasteiger partial charge in [-0.1, -0.05) is 90.4 Å². The highest BCUT2D eigenvalue weighted by Gasteiger charge is 1.98. The zero-order valence-electron chi connectivity index (χ0n) is 26.8. The van der Waals surface area contributed by atoms with Crippen LogP contribution in [0.15, 0.2) is 0 Å². The Kier molecular flexibility index (Phi) is 37.4. The van der Waals surface area contributed by atoms with Gasteiger partial charge in [-0.25, -0.2) is 4.79 Å². The summed E-state index contributed by atoms with van der Waals surface area (Å²) in [5, 5.41) is 8.42. The molecule has 252 valence electrons. The van der Waals surface area contributed by atoms with Gasteiger partial charge in [0.1, 0.15) is 6.61 Å². The van der Waals surface area contributed by atoms with Crippen molar-refractivity contribution < 1.29 is 47.8 Å². The molecule has 0 spiro atoms. The number of ether oxygens (including phenoxy) is 8. The third kappa shape index (κ3) is 39.1. The fourth-order valence-corrected chi connectivity index (χ4v) is 4.10. The molecular weight excluding hydrogens is 544 g/mol. The fourth-order valence-electron chi connectivity index (χ4n) is 4.10. The van der Waals surface area contributed by atoms with Crippen LogP contribution in [0, 0.1) is 0 Å². The summed E-state index contributed by atoms with van der Waals surface area (Å²) in [5.41, 5.74) is 0. The van der Waals surface area contributed by atoms with E-state index in [0.717, 1.165) is 13.0 Å². The van der Waals surface area contributed by atoms with E-state index < -0.39 is 5.97 Å². The van der Waals surface area contributed by atoms with Crippen LogP contribution in [0.4, 0.5) is 0 Å². The average molecular weight is 609 g/mol. The third-order valence-corrected chi connectivity index (χ3v) is 6.47. The van der Waals surface area contributed by atoms with Crippen molar-refractivity contribution in [2.75, 3.05) is 106 Å². The second-order valence-corrected chi connectivity index (χ2v) is 10.3. The lowest BCUT2D eigenvalue weighted by atomic mass is 10.0. The van der Waals surface area contributed by atoms with Crippen molar-refractivity contribution >= 4 is 5.97 Å². The minimum Gasteiger partial charge on any atom is -0.480 e. The summed E-state index contributed by atoms with van der Waals surface area (Å²) in [4.78, 5) is 10.3. The van der Waals surface area contributed by atoms with Crippen LogP contribution in [0.25, 0.3) is 0 Å². The summed E-state index contributed by atoms with van der Waals surface area (Å²) in [6.07, 6.45) is 19.2. The minimum absolute atomic E-state index is 0.253. The number of hydrogen-bond acceptors (Lipinski definition) is 9. The van der Waals surface area contributed by atoms with Crippen molar-refractivity contribution in [2.24, 2.45) is 0 Å². The van der Waals surface area contributed by atoms with Gasteiger partial charge in [-0.3, -0.25) is 0 Å². The Morgan fingerprint density at radius 1 is 0.357 bits per heavy atom. The Morgan fingerprint density at radius 2 is 0.595 bits per heavy atom. The number of carbonyl (C=O) groups is 1. The largest absolute Gasteiger partial charge is 0.480 e. The number of carboxylic acid groups (broad SMARTS) is 1. The number of aliphatic carboxylic acids is 1. The highest BCUT2D eigenvalue weighted by atomic mass is 16.6. The molecular formula is C32H64O10. The summed E-state index contributed by atoms with van der Waals surface area (Å²) >= 11 is 0. The Balaban J connectivity index is 3.03. The lowest BCUT2D eigenvalue weighted by molar-refractivity contribution is -0.142. The molecule has 0 bridgehead atoms. The van der Waals surface area contributed by atoms with E-state index >= 15 is 0 Å². The number of unbranched alkanes of at least 4 members (excludes halogenated alkanes) is 13. The molecule has 1 N–H and O–H groups in total. The molecule has 0 heterocycles. The van der Waals surface area contributed by atoms with E-state index in [0.29, 0.717) is 85.9 Å². The van der Waals surface area contributed by atoms with Gasteiger partial charge in [0.05, 0.1) is 92.5 Å². The molecule has 0 atom stereocenters. The molecule has 10 heteroatoms. The maximum Gasteiger partial charge on any atom is 0.329 e. The van der Waals surface area contributed by atoms with Gasteiger partial charge in [-0.05, 0) is 6.42 Å². The third-order valence-electron chi connectivity index (χ3n) is 6.47. The highest BCUT2D eigenvalue weighted by Crippen LogP contribution is 2.12. The molecule has 10 nitrogen and oxygen atoms in total. The molecule has 0 saturated heterocycles. The number of hydrogen-bond donors (Lipinski definition) is 1. The average Bonchev–Trinajstić information content (AvgIpc) is 2.98. The first kappa shape index (κ1) is 41.1. The maximum absolute atomic E-state index is 10.3. The van der Waals surface area contributed by atoms with E-state index in [9.17, 15) is 4.79 Å². The van der Waals surface area contributed by atoms with Crippen molar-refractivity contribution in [3.63, 3.8) is 0 Å². The number of rotatable bonds is 38. The van der Waals surface area contributed by atoms with Crippen LogP contribution in [-0.4, -0.2) is 117 Å². The second-order valence-electron chi connectivity index (χ2n) is 10.3. The summed E-state index contributed by atoms with van der Waals surface area (Å²) in [6.45, 7) is 9.68. The molecule has 0 unspecified atom stereocenters. The van der Waals surface area contributed by atoms with Crippen LogP contribution in [0.5, 0.6) is 0 Å². The molecule has 0 aliphatic carbocycles. The van der Waals surface area contributed by atoms with Gasteiger partial charge in [-0.2, -0.15) is 0 Å². The predicted octanol–water partition coefficient (Wildman–Crippen LogP) is 5.69. The van der Waals surface area contributed by atoms with Gasteiger partial charge < -0.3 is 43.0 Å². The van der Waals surface area contributed by atoms with E-state index in [1.807, 2.05) is 0 Å². The fraction of sp³-hybridized carbons (Fsp3) is 0.969. The second kappa shape index (κ2) is 38.2. The zero-order valence-corrected chi connectivity index (χ0v) is 26.8. The Bertz CT molecular complexity index is 510. The molecule has 0 aromatic heterocycles. The van der Waals surface area contributed by atoms with Crippen LogP contribution >= 0.6 is 0 Å². The molecule has 0 amide bonds. The summed E-state index contributed by atoms with van der Waals surface area (Å²) in [6, 6.07) is 0. The molecule has 0 aromatic rings. The Morgan fingerprint density at radius 3 is 0.881 bits per heavy atom. The smallest absolute Gasteiger partial charge is 0.329 e. The van der Waals surface area contributed by atoms with Crippen LogP contribution in [-0.2, 0) is 42.7 Å². The standard InChI is InChI=1S/C32H64O10/c1-2-3-4-5-6-7-8-9-10-11-12-13-14-15-16-35-17-18-36-19-20-37-21-22-38-23-24-39-25-26-40-27-28-41-29-30-42-31-32(33)34/h2-31H2,1H3,(H,33,34). The maximum atomic E-state index is 10.3. The van der Waals surface area contributed by atoms with E-state index in [4.69, 9.17) is 43.0 Å².